The number of rotatable bonds is 7. The molecule has 36 heavy (non-hydrogen) atoms. The third-order valence-electron chi connectivity index (χ3n) is 6.74. The highest BCUT2D eigenvalue weighted by Gasteiger charge is 2.38. The fraction of sp³-hybridized carbons (Fsp3) is 0.167. The van der Waals surface area contributed by atoms with Gasteiger partial charge in [-0.3, -0.25) is 4.79 Å². The summed E-state index contributed by atoms with van der Waals surface area (Å²) in [6.45, 7) is 0.415. The normalized spacial score (nSPS) is 16.0. The molecule has 1 aliphatic heterocycles. The van der Waals surface area contributed by atoms with E-state index in [2.05, 4.69) is 0 Å². The number of phenols is 2. The number of β-lactam (4-membered cyclic amide) rings is 1. The summed E-state index contributed by atoms with van der Waals surface area (Å²) in [5.74, 6) is -0.696. The van der Waals surface area contributed by atoms with Crippen LogP contribution in [0.1, 0.15) is 24.5 Å². The van der Waals surface area contributed by atoms with Crippen molar-refractivity contribution in [3.8, 4) is 33.8 Å². The minimum Gasteiger partial charge on any atom is -0.508 e. The van der Waals surface area contributed by atoms with Gasteiger partial charge in [-0.25, -0.2) is 4.39 Å². The number of aliphatic hydroxyl groups excluding tert-OH is 1. The number of carbonyl (C=O) groups is 1. The van der Waals surface area contributed by atoms with Crippen LogP contribution in [-0.4, -0.2) is 27.8 Å². The lowest BCUT2D eigenvalue weighted by Gasteiger charge is -2.39. The maximum Gasteiger partial charge on any atom is 0.232 e. The zero-order valence-electron chi connectivity index (χ0n) is 19.5. The van der Waals surface area contributed by atoms with E-state index in [1.165, 1.54) is 11.0 Å². The first-order valence-electron chi connectivity index (χ1n) is 11.9. The maximum atomic E-state index is 15.0. The highest BCUT2D eigenvalue weighted by molar-refractivity contribution is 6.01. The zero-order chi connectivity index (χ0) is 25.2. The Bertz CT molecular complexity index is 1390. The Labute approximate surface area is 208 Å². The van der Waals surface area contributed by atoms with E-state index in [0.29, 0.717) is 36.1 Å². The average molecular weight is 484 g/mol. The molecule has 1 amide bonds. The van der Waals surface area contributed by atoms with Crippen molar-refractivity contribution in [1.29, 1.82) is 0 Å². The van der Waals surface area contributed by atoms with Crippen LogP contribution in [0.15, 0.2) is 91.0 Å². The summed E-state index contributed by atoms with van der Waals surface area (Å²) in [5.41, 5.74) is 3.63. The Balaban J connectivity index is 1.25. The second-order valence-corrected chi connectivity index (χ2v) is 9.09. The summed E-state index contributed by atoms with van der Waals surface area (Å²) in [7, 11) is 0. The molecular formula is C30H26FNO4. The third kappa shape index (κ3) is 4.68. The van der Waals surface area contributed by atoms with Crippen LogP contribution in [0, 0.1) is 11.7 Å². The van der Waals surface area contributed by atoms with Crippen molar-refractivity contribution in [2.75, 3.05) is 11.4 Å². The summed E-state index contributed by atoms with van der Waals surface area (Å²) in [4.78, 5) is 14.1. The summed E-state index contributed by atoms with van der Waals surface area (Å²) in [6.07, 6.45) is 0.387. The number of nitrogens with zero attached hydrogens (tertiary/aromatic N) is 1. The molecule has 6 heteroatoms. The van der Waals surface area contributed by atoms with Gasteiger partial charge in [0.25, 0.3) is 0 Å². The molecule has 1 unspecified atom stereocenters. The van der Waals surface area contributed by atoms with Crippen LogP contribution in [0.25, 0.3) is 22.3 Å². The molecule has 0 radical (unpaired) electrons. The molecule has 5 nitrogen and oxygen atoms in total. The number of anilines is 1. The molecule has 4 aromatic carbocycles. The highest BCUT2D eigenvalue weighted by atomic mass is 19.1. The van der Waals surface area contributed by atoms with E-state index in [0.717, 1.165) is 11.1 Å². The summed E-state index contributed by atoms with van der Waals surface area (Å²) >= 11 is 0. The molecule has 3 N–H and O–H groups in total. The topological polar surface area (TPSA) is 81.0 Å². The number of amides is 1. The van der Waals surface area contributed by atoms with Gasteiger partial charge in [-0.1, -0.05) is 60.7 Å². The second-order valence-electron chi connectivity index (χ2n) is 9.09. The molecule has 5 rings (SSSR count). The summed E-state index contributed by atoms with van der Waals surface area (Å²) in [6, 6.07) is 25.6. The predicted octanol–water partition coefficient (Wildman–Crippen LogP) is 6.05. The van der Waals surface area contributed by atoms with E-state index in [1.54, 1.807) is 54.6 Å². The quantitative estimate of drug-likeness (QED) is 0.280. The third-order valence-corrected chi connectivity index (χ3v) is 6.74. The van der Waals surface area contributed by atoms with Gasteiger partial charge in [0.2, 0.25) is 5.91 Å². The lowest BCUT2D eigenvalue weighted by Crippen LogP contribution is -2.53. The number of aliphatic hydroxyl groups is 1. The van der Waals surface area contributed by atoms with E-state index < -0.39 is 11.9 Å². The van der Waals surface area contributed by atoms with Crippen molar-refractivity contribution in [2.45, 2.75) is 18.9 Å². The Morgan fingerprint density at radius 2 is 1.53 bits per heavy atom. The molecule has 0 aliphatic carbocycles. The number of hydrogen-bond donors (Lipinski definition) is 3. The van der Waals surface area contributed by atoms with Crippen molar-refractivity contribution in [3.63, 3.8) is 0 Å². The number of aromatic hydroxyl groups is 2. The fourth-order valence-corrected chi connectivity index (χ4v) is 4.63. The molecule has 0 spiro atoms. The zero-order valence-corrected chi connectivity index (χ0v) is 19.5. The number of phenolic OH excluding ortho intramolecular Hbond substituents is 2. The SMILES string of the molecule is O=C1C(CC[C@H](O)c2ccccc2)CN1c1ccc(-c2ccc(-c3ccc(O)cc3)c(O)c2)cc1F. The van der Waals surface area contributed by atoms with Crippen LogP contribution in [-0.2, 0) is 4.79 Å². The minimum atomic E-state index is -0.624. The largest absolute Gasteiger partial charge is 0.508 e. The monoisotopic (exact) mass is 483 g/mol. The molecule has 0 aromatic heterocycles. The van der Waals surface area contributed by atoms with Crippen molar-refractivity contribution >= 4 is 11.6 Å². The van der Waals surface area contributed by atoms with Crippen LogP contribution in [0.4, 0.5) is 10.1 Å². The maximum absolute atomic E-state index is 15.0. The second kappa shape index (κ2) is 9.84. The Morgan fingerprint density at radius 3 is 2.19 bits per heavy atom. The van der Waals surface area contributed by atoms with Crippen LogP contribution in [0.5, 0.6) is 11.5 Å². The first-order chi connectivity index (χ1) is 17.4. The van der Waals surface area contributed by atoms with Crippen molar-refractivity contribution in [2.24, 2.45) is 5.92 Å². The molecule has 1 heterocycles. The Kier molecular flexibility index (Phi) is 6.44. The molecule has 4 aromatic rings. The van der Waals surface area contributed by atoms with Crippen LogP contribution >= 0.6 is 0 Å². The van der Waals surface area contributed by atoms with E-state index in [9.17, 15) is 20.1 Å². The first-order valence-corrected chi connectivity index (χ1v) is 11.9. The molecule has 1 saturated heterocycles. The molecule has 0 bridgehead atoms. The van der Waals surface area contributed by atoms with E-state index >= 15 is 4.39 Å². The van der Waals surface area contributed by atoms with Crippen LogP contribution < -0.4 is 4.90 Å². The van der Waals surface area contributed by atoms with Gasteiger partial charge in [-0.15, -0.1) is 0 Å². The standard InChI is InChI=1S/C30H26FNO4/c31-26-16-21(22-8-13-25(29(35)17-22)19-6-11-24(33)12-7-19)9-14-27(26)32-18-23(30(32)36)10-15-28(34)20-4-2-1-3-5-20/h1-9,11-14,16-17,23,28,33-35H,10,15,18H2/t23?,28-/m0/s1. The molecule has 1 aliphatic rings. The first kappa shape index (κ1) is 23.6. The number of halogens is 1. The van der Waals surface area contributed by atoms with Gasteiger partial charge in [-0.2, -0.15) is 0 Å². The molecular weight excluding hydrogens is 457 g/mol. The van der Waals surface area contributed by atoms with Crippen molar-refractivity contribution in [1.82, 2.24) is 0 Å². The molecule has 1 fully saturated rings. The van der Waals surface area contributed by atoms with Crippen molar-refractivity contribution in [3.05, 3.63) is 102 Å². The molecule has 182 valence electrons. The molecule has 0 saturated carbocycles. The van der Waals surface area contributed by atoms with Gasteiger partial charge < -0.3 is 20.2 Å². The van der Waals surface area contributed by atoms with Crippen LogP contribution in [0.3, 0.4) is 0 Å². The fourth-order valence-electron chi connectivity index (χ4n) is 4.63. The summed E-state index contributed by atoms with van der Waals surface area (Å²) < 4.78 is 15.0. The Hall–Kier alpha value is -4.16. The van der Waals surface area contributed by atoms with E-state index in [4.69, 9.17) is 0 Å². The van der Waals surface area contributed by atoms with Gasteiger partial charge in [0, 0.05) is 12.1 Å². The smallest absolute Gasteiger partial charge is 0.232 e. The van der Waals surface area contributed by atoms with Crippen LogP contribution in [0.2, 0.25) is 0 Å². The van der Waals surface area contributed by atoms with Gasteiger partial charge in [0.05, 0.1) is 17.7 Å². The number of hydrogen-bond acceptors (Lipinski definition) is 4. The average Bonchev–Trinajstić information content (AvgIpc) is 2.89. The van der Waals surface area contributed by atoms with Crippen molar-refractivity contribution < 1.29 is 24.5 Å². The lowest BCUT2D eigenvalue weighted by atomic mass is 9.90. The van der Waals surface area contributed by atoms with Gasteiger partial charge in [-0.05, 0) is 65.4 Å². The number of benzene rings is 4. The Morgan fingerprint density at radius 1 is 0.861 bits per heavy atom. The van der Waals surface area contributed by atoms with Gasteiger partial charge >= 0.3 is 0 Å². The number of carbonyl (C=O) groups excluding carboxylic acids is 1. The lowest BCUT2D eigenvalue weighted by molar-refractivity contribution is -0.127. The van der Waals surface area contributed by atoms with E-state index in [-0.39, 0.29) is 29.0 Å². The van der Waals surface area contributed by atoms with Gasteiger partial charge in [0.15, 0.2) is 0 Å². The minimum absolute atomic E-state index is 0.0427. The highest BCUT2D eigenvalue weighted by Crippen LogP contribution is 2.37. The van der Waals surface area contributed by atoms with Gasteiger partial charge in [0.1, 0.15) is 17.3 Å². The predicted molar refractivity (Wildman–Crippen MR) is 137 cm³/mol. The summed E-state index contributed by atoms with van der Waals surface area (Å²) in [5, 5.41) is 30.3. The van der Waals surface area contributed by atoms with E-state index in [1.807, 2.05) is 30.3 Å². The molecule has 2 atom stereocenters.